The number of halogens is 3. The molecule has 1 heterocycles. The van der Waals surface area contributed by atoms with Crippen molar-refractivity contribution in [2.75, 3.05) is 5.75 Å². The SMILES string of the molecule is CCCS(=O)(=O)c1cncc(C(F)(F)F)c1. The molecule has 0 saturated heterocycles. The number of rotatable bonds is 3. The molecule has 3 nitrogen and oxygen atoms in total. The van der Waals surface area contributed by atoms with Crippen molar-refractivity contribution < 1.29 is 21.6 Å². The van der Waals surface area contributed by atoms with Crippen molar-refractivity contribution in [2.45, 2.75) is 24.4 Å². The second kappa shape index (κ2) is 4.40. The van der Waals surface area contributed by atoms with E-state index in [1.165, 1.54) is 0 Å². The van der Waals surface area contributed by atoms with Gasteiger partial charge in [-0.05, 0) is 12.5 Å². The number of hydrogen-bond acceptors (Lipinski definition) is 3. The summed E-state index contributed by atoms with van der Waals surface area (Å²) in [5.74, 6) is -0.185. The Bertz CT molecular complexity index is 468. The molecule has 0 unspecified atom stereocenters. The first-order valence-electron chi connectivity index (χ1n) is 4.52. The molecule has 0 radical (unpaired) electrons. The Hall–Kier alpha value is -1.11. The summed E-state index contributed by atoms with van der Waals surface area (Å²) in [6.45, 7) is 1.64. The Kier molecular flexibility index (Phi) is 3.57. The van der Waals surface area contributed by atoms with Gasteiger partial charge in [0.1, 0.15) is 0 Å². The quantitative estimate of drug-likeness (QED) is 0.830. The number of sulfone groups is 1. The van der Waals surface area contributed by atoms with Gasteiger partial charge in [0.2, 0.25) is 0 Å². The third-order valence-corrected chi connectivity index (χ3v) is 3.76. The predicted octanol–water partition coefficient (Wildman–Crippen LogP) is 2.28. The maximum Gasteiger partial charge on any atom is 0.417 e. The second-order valence-electron chi connectivity index (χ2n) is 3.23. The first kappa shape index (κ1) is 13.0. The Morgan fingerprint density at radius 3 is 2.44 bits per heavy atom. The van der Waals surface area contributed by atoms with Crippen LogP contribution in [0.1, 0.15) is 18.9 Å². The van der Waals surface area contributed by atoms with Crippen molar-refractivity contribution in [3.05, 3.63) is 24.0 Å². The van der Waals surface area contributed by atoms with Gasteiger partial charge in [0.25, 0.3) is 0 Å². The molecule has 0 N–H and O–H groups in total. The Morgan fingerprint density at radius 1 is 1.31 bits per heavy atom. The van der Waals surface area contributed by atoms with Crippen molar-refractivity contribution in [3.63, 3.8) is 0 Å². The fourth-order valence-corrected chi connectivity index (χ4v) is 2.43. The number of hydrogen-bond donors (Lipinski definition) is 0. The molecule has 0 aromatic carbocycles. The van der Waals surface area contributed by atoms with Crippen LogP contribution in [0.4, 0.5) is 13.2 Å². The van der Waals surface area contributed by atoms with Crippen LogP contribution in [0.15, 0.2) is 23.4 Å². The van der Waals surface area contributed by atoms with E-state index in [-0.39, 0.29) is 10.6 Å². The maximum atomic E-state index is 12.3. The zero-order valence-electron chi connectivity index (χ0n) is 8.45. The molecule has 16 heavy (non-hydrogen) atoms. The molecule has 90 valence electrons. The first-order valence-corrected chi connectivity index (χ1v) is 6.17. The van der Waals surface area contributed by atoms with E-state index in [0.717, 1.165) is 6.20 Å². The Labute approximate surface area is 91.2 Å². The van der Waals surface area contributed by atoms with Crippen LogP contribution in [-0.4, -0.2) is 19.2 Å². The summed E-state index contributed by atoms with van der Waals surface area (Å²) in [4.78, 5) is 2.92. The van der Waals surface area contributed by atoms with Crippen LogP contribution in [0, 0.1) is 0 Å². The van der Waals surface area contributed by atoms with E-state index in [1.807, 2.05) is 0 Å². The molecule has 1 aromatic heterocycles. The van der Waals surface area contributed by atoms with Crippen molar-refractivity contribution >= 4 is 9.84 Å². The van der Waals surface area contributed by atoms with Crippen LogP contribution in [0.3, 0.4) is 0 Å². The van der Waals surface area contributed by atoms with Crippen LogP contribution in [-0.2, 0) is 16.0 Å². The van der Waals surface area contributed by atoms with Crippen LogP contribution in [0.25, 0.3) is 0 Å². The van der Waals surface area contributed by atoms with E-state index in [1.54, 1.807) is 6.92 Å². The zero-order valence-corrected chi connectivity index (χ0v) is 9.27. The monoisotopic (exact) mass is 253 g/mol. The number of alkyl halides is 3. The minimum Gasteiger partial charge on any atom is -0.263 e. The highest BCUT2D eigenvalue weighted by atomic mass is 32.2. The smallest absolute Gasteiger partial charge is 0.263 e. The zero-order chi connectivity index (χ0) is 12.4. The van der Waals surface area contributed by atoms with E-state index in [4.69, 9.17) is 0 Å². The summed E-state index contributed by atoms with van der Waals surface area (Å²) in [5.41, 5.74) is -1.05. The van der Waals surface area contributed by atoms with Gasteiger partial charge in [0, 0.05) is 12.4 Å². The van der Waals surface area contributed by atoms with Crippen molar-refractivity contribution in [2.24, 2.45) is 0 Å². The summed E-state index contributed by atoms with van der Waals surface area (Å²) >= 11 is 0. The van der Waals surface area contributed by atoms with Gasteiger partial charge in [0.05, 0.1) is 16.2 Å². The fourth-order valence-electron chi connectivity index (χ4n) is 1.13. The van der Waals surface area contributed by atoms with Crippen LogP contribution in [0.2, 0.25) is 0 Å². The van der Waals surface area contributed by atoms with Gasteiger partial charge < -0.3 is 0 Å². The highest BCUT2D eigenvalue weighted by Gasteiger charge is 2.32. The van der Waals surface area contributed by atoms with Gasteiger partial charge in [0.15, 0.2) is 9.84 Å². The van der Waals surface area contributed by atoms with E-state index in [2.05, 4.69) is 4.98 Å². The minimum absolute atomic E-state index is 0.185. The standard InChI is InChI=1S/C9H10F3NO2S/c1-2-3-16(14,15)8-4-7(5-13-6-8)9(10,11)12/h4-6H,2-3H2,1H3. The third-order valence-electron chi connectivity index (χ3n) is 1.87. The van der Waals surface area contributed by atoms with Crippen molar-refractivity contribution in [3.8, 4) is 0 Å². The lowest BCUT2D eigenvalue weighted by Gasteiger charge is -2.08. The molecule has 0 bridgehead atoms. The molecule has 0 amide bonds. The highest BCUT2D eigenvalue weighted by molar-refractivity contribution is 7.91. The molecular weight excluding hydrogens is 243 g/mol. The lowest BCUT2D eigenvalue weighted by molar-refractivity contribution is -0.138. The molecule has 0 spiro atoms. The lowest BCUT2D eigenvalue weighted by Crippen LogP contribution is -2.10. The van der Waals surface area contributed by atoms with Gasteiger partial charge in [-0.2, -0.15) is 13.2 Å². The van der Waals surface area contributed by atoms with Gasteiger partial charge in [-0.25, -0.2) is 8.42 Å². The van der Waals surface area contributed by atoms with Crippen molar-refractivity contribution in [1.29, 1.82) is 0 Å². The number of aromatic nitrogens is 1. The average molecular weight is 253 g/mol. The maximum absolute atomic E-state index is 12.3. The predicted molar refractivity (Wildman–Crippen MR) is 51.6 cm³/mol. The molecule has 1 aromatic rings. The van der Waals surface area contributed by atoms with Gasteiger partial charge in [-0.15, -0.1) is 0 Å². The molecule has 0 aliphatic heterocycles. The molecule has 0 saturated carbocycles. The van der Waals surface area contributed by atoms with E-state index in [0.29, 0.717) is 18.7 Å². The van der Waals surface area contributed by atoms with Gasteiger partial charge in [-0.1, -0.05) is 6.92 Å². The normalized spacial score (nSPS) is 12.8. The summed E-state index contributed by atoms with van der Waals surface area (Å²) < 4.78 is 59.9. The van der Waals surface area contributed by atoms with E-state index >= 15 is 0 Å². The third kappa shape index (κ3) is 2.94. The fraction of sp³-hybridized carbons (Fsp3) is 0.444. The summed E-state index contributed by atoms with van der Waals surface area (Å²) in [6.07, 6.45) is -2.70. The first-order chi connectivity index (χ1) is 7.27. The molecule has 1 rings (SSSR count). The van der Waals surface area contributed by atoms with E-state index in [9.17, 15) is 21.6 Å². The van der Waals surface area contributed by atoms with Crippen molar-refractivity contribution in [1.82, 2.24) is 4.98 Å². The molecular formula is C9H10F3NO2S. The highest BCUT2D eigenvalue weighted by Crippen LogP contribution is 2.29. The van der Waals surface area contributed by atoms with Gasteiger partial charge in [-0.3, -0.25) is 4.98 Å². The minimum atomic E-state index is -4.58. The van der Waals surface area contributed by atoms with Crippen LogP contribution >= 0.6 is 0 Å². The second-order valence-corrected chi connectivity index (χ2v) is 5.34. The molecule has 0 fully saturated rings. The number of nitrogens with zero attached hydrogens (tertiary/aromatic N) is 1. The average Bonchev–Trinajstić information content (AvgIpc) is 2.16. The van der Waals surface area contributed by atoms with Crippen LogP contribution in [0.5, 0.6) is 0 Å². The van der Waals surface area contributed by atoms with E-state index < -0.39 is 21.6 Å². The largest absolute Gasteiger partial charge is 0.417 e. The molecule has 0 aliphatic rings. The number of pyridine rings is 1. The Morgan fingerprint density at radius 2 is 1.94 bits per heavy atom. The molecule has 7 heteroatoms. The summed E-state index contributed by atoms with van der Waals surface area (Å²) in [5, 5.41) is 0. The Balaban J connectivity index is 3.19. The lowest BCUT2D eigenvalue weighted by atomic mass is 10.3. The summed E-state index contributed by atoms with van der Waals surface area (Å²) in [6, 6.07) is 0.609. The molecule has 0 atom stereocenters. The molecule has 0 aliphatic carbocycles. The van der Waals surface area contributed by atoms with Gasteiger partial charge >= 0.3 is 6.18 Å². The topological polar surface area (TPSA) is 47.0 Å². The summed E-state index contributed by atoms with van der Waals surface area (Å²) in [7, 11) is -3.66. The van der Waals surface area contributed by atoms with Crippen LogP contribution < -0.4 is 0 Å².